The van der Waals surface area contributed by atoms with E-state index < -0.39 is 0 Å². The molecular formula is C21H31N5O. The Morgan fingerprint density at radius 2 is 2.07 bits per heavy atom. The van der Waals surface area contributed by atoms with Gasteiger partial charge in [-0.2, -0.15) is 0 Å². The number of fused-ring (bicyclic) bond motifs is 1. The Balaban J connectivity index is 1.90. The van der Waals surface area contributed by atoms with E-state index in [1.165, 1.54) is 11.1 Å². The number of hydrogen-bond acceptors (Lipinski definition) is 4. The molecule has 0 aliphatic carbocycles. The third-order valence-corrected chi connectivity index (χ3v) is 5.43. The zero-order chi connectivity index (χ0) is 19.6. The van der Waals surface area contributed by atoms with Gasteiger partial charge in [-0.25, -0.2) is 4.68 Å². The maximum atomic E-state index is 12.7. The van der Waals surface area contributed by atoms with E-state index >= 15 is 0 Å². The minimum Gasteiger partial charge on any atom is -0.346 e. The zero-order valence-electron chi connectivity index (χ0n) is 17.2. The molecule has 0 bridgehead atoms. The highest BCUT2D eigenvalue weighted by Crippen LogP contribution is 2.26. The molecule has 2 heterocycles. The molecule has 27 heavy (non-hydrogen) atoms. The molecule has 0 saturated carbocycles. The van der Waals surface area contributed by atoms with Crippen molar-refractivity contribution in [2.24, 2.45) is 0 Å². The molecular weight excluding hydrogens is 338 g/mol. The third kappa shape index (κ3) is 4.05. The van der Waals surface area contributed by atoms with Gasteiger partial charge in [-0.05, 0) is 57.4 Å². The van der Waals surface area contributed by atoms with Crippen LogP contribution in [0.15, 0.2) is 18.2 Å². The summed E-state index contributed by atoms with van der Waals surface area (Å²) in [5.41, 5.74) is 4.63. The molecule has 1 N–H and O–H groups in total. The van der Waals surface area contributed by atoms with Crippen LogP contribution in [0.25, 0.3) is 5.69 Å². The molecule has 1 aromatic carbocycles. The molecule has 0 fully saturated rings. The number of carbonyl (C=O) groups excluding carboxylic acids is 1. The molecule has 0 saturated heterocycles. The quantitative estimate of drug-likeness (QED) is 0.849. The number of nitrogens with one attached hydrogen (secondary N) is 1. The van der Waals surface area contributed by atoms with E-state index in [0.29, 0.717) is 5.69 Å². The number of nitrogens with zero attached hydrogens (tertiary/aromatic N) is 4. The number of amides is 1. The lowest BCUT2D eigenvalue weighted by atomic mass is 9.97. The van der Waals surface area contributed by atoms with Crippen LogP contribution in [0.2, 0.25) is 0 Å². The number of aromatic nitrogens is 3. The third-order valence-electron chi connectivity index (χ3n) is 5.43. The van der Waals surface area contributed by atoms with Gasteiger partial charge in [0.1, 0.15) is 0 Å². The number of benzene rings is 1. The van der Waals surface area contributed by atoms with Crippen molar-refractivity contribution in [1.82, 2.24) is 25.2 Å². The van der Waals surface area contributed by atoms with Crippen molar-refractivity contribution in [3.05, 3.63) is 40.7 Å². The lowest BCUT2D eigenvalue weighted by Crippen LogP contribution is -2.43. The number of hydrogen-bond donors (Lipinski definition) is 1. The second-order valence-electron chi connectivity index (χ2n) is 8.06. The van der Waals surface area contributed by atoms with Crippen LogP contribution in [0.5, 0.6) is 0 Å². The SMILES string of the molecule is CCCC(C)(C)NC(=O)c1nnn(-c2cccc3c2CCN(CC)C3)c1C. The molecule has 1 aliphatic rings. The van der Waals surface area contributed by atoms with E-state index in [-0.39, 0.29) is 11.4 Å². The fraction of sp³-hybridized carbons (Fsp3) is 0.571. The maximum absolute atomic E-state index is 12.7. The van der Waals surface area contributed by atoms with E-state index in [1.54, 1.807) is 0 Å². The molecule has 3 rings (SSSR count). The number of likely N-dealkylation sites (N-methyl/N-ethyl adjacent to an activating group) is 1. The number of carbonyl (C=O) groups is 1. The lowest BCUT2D eigenvalue weighted by Gasteiger charge is -2.29. The van der Waals surface area contributed by atoms with E-state index in [0.717, 1.165) is 50.3 Å². The first-order valence-corrected chi connectivity index (χ1v) is 9.94. The van der Waals surface area contributed by atoms with Crippen molar-refractivity contribution in [3.8, 4) is 5.69 Å². The van der Waals surface area contributed by atoms with Crippen molar-refractivity contribution < 1.29 is 4.79 Å². The topological polar surface area (TPSA) is 63.1 Å². The first-order chi connectivity index (χ1) is 12.9. The average molecular weight is 370 g/mol. The van der Waals surface area contributed by atoms with Crippen molar-refractivity contribution >= 4 is 5.91 Å². The molecule has 2 aromatic rings. The zero-order valence-corrected chi connectivity index (χ0v) is 17.2. The highest BCUT2D eigenvalue weighted by molar-refractivity contribution is 5.93. The molecule has 1 amide bonds. The van der Waals surface area contributed by atoms with E-state index in [9.17, 15) is 4.79 Å². The van der Waals surface area contributed by atoms with Gasteiger partial charge in [0, 0.05) is 18.6 Å². The van der Waals surface area contributed by atoms with Crippen LogP contribution in [-0.4, -0.2) is 44.4 Å². The van der Waals surface area contributed by atoms with Crippen molar-refractivity contribution in [3.63, 3.8) is 0 Å². The second kappa shape index (κ2) is 7.80. The van der Waals surface area contributed by atoms with Crippen LogP contribution in [0.1, 0.15) is 67.8 Å². The fourth-order valence-electron chi connectivity index (χ4n) is 3.94. The normalized spacial score (nSPS) is 14.9. The molecule has 1 aromatic heterocycles. The summed E-state index contributed by atoms with van der Waals surface area (Å²) in [7, 11) is 0. The highest BCUT2D eigenvalue weighted by atomic mass is 16.2. The van der Waals surface area contributed by atoms with Crippen LogP contribution >= 0.6 is 0 Å². The fourth-order valence-corrected chi connectivity index (χ4v) is 3.94. The lowest BCUT2D eigenvalue weighted by molar-refractivity contribution is 0.0903. The predicted octanol–water partition coefficient (Wildman–Crippen LogP) is 3.26. The summed E-state index contributed by atoms with van der Waals surface area (Å²) < 4.78 is 1.82. The summed E-state index contributed by atoms with van der Waals surface area (Å²) in [5, 5.41) is 11.6. The summed E-state index contributed by atoms with van der Waals surface area (Å²) in [6.45, 7) is 13.4. The first kappa shape index (κ1) is 19.5. The smallest absolute Gasteiger partial charge is 0.274 e. The van der Waals surface area contributed by atoms with Crippen molar-refractivity contribution in [2.45, 2.75) is 66.0 Å². The highest BCUT2D eigenvalue weighted by Gasteiger charge is 2.26. The minimum atomic E-state index is -0.252. The van der Waals surface area contributed by atoms with Gasteiger partial charge in [-0.3, -0.25) is 9.69 Å². The van der Waals surface area contributed by atoms with Crippen LogP contribution in [0.4, 0.5) is 0 Å². The molecule has 0 radical (unpaired) electrons. The second-order valence-corrected chi connectivity index (χ2v) is 8.06. The minimum absolute atomic E-state index is 0.154. The standard InChI is InChI=1S/C21H31N5O/c1-6-12-21(4,5)22-20(27)19-15(3)26(24-23-19)18-10-8-9-16-14-25(7-2)13-11-17(16)18/h8-10H,6-7,11-14H2,1-5H3,(H,22,27). The molecule has 146 valence electrons. The molecule has 0 atom stereocenters. The van der Waals surface area contributed by atoms with Gasteiger partial charge in [0.2, 0.25) is 0 Å². The molecule has 0 unspecified atom stereocenters. The summed E-state index contributed by atoms with van der Waals surface area (Å²) in [6.07, 6.45) is 2.93. The van der Waals surface area contributed by atoms with Crippen molar-refractivity contribution in [2.75, 3.05) is 13.1 Å². The summed E-state index contributed by atoms with van der Waals surface area (Å²) in [6, 6.07) is 6.33. The Morgan fingerprint density at radius 3 is 2.78 bits per heavy atom. The van der Waals surface area contributed by atoms with Gasteiger partial charge >= 0.3 is 0 Å². The molecule has 6 heteroatoms. The Hall–Kier alpha value is -2.21. The van der Waals surface area contributed by atoms with Crippen LogP contribution < -0.4 is 5.32 Å². The largest absolute Gasteiger partial charge is 0.346 e. The van der Waals surface area contributed by atoms with Crippen LogP contribution in [-0.2, 0) is 13.0 Å². The van der Waals surface area contributed by atoms with Gasteiger partial charge in [0.05, 0.1) is 11.4 Å². The Bertz CT molecular complexity index is 824. The first-order valence-electron chi connectivity index (χ1n) is 9.94. The Labute approximate surface area is 161 Å². The molecule has 0 spiro atoms. The van der Waals surface area contributed by atoms with Gasteiger partial charge in [-0.15, -0.1) is 5.10 Å². The Kier molecular flexibility index (Phi) is 5.65. The van der Waals surface area contributed by atoms with E-state index in [4.69, 9.17) is 0 Å². The summed E-state index contributed by atoms with van der Waals surface area (Å²) in [4.78, 5) is 15.2. The Morgan fingerprint density at radius 1 is 1.30 bits per heavy atom. The van der Waals surface area contributed by atoms with Crippen LogP contribution in [0.3, 0.4) is 0 Å². The summed E-state index contributed by atoms with van der Waals surface area (Å²) >= 11 is 0. The van der Waals surface area contributed by atoms with Crippen LogP contribution in [0, 0.1) is 6.92 Å². The molecule has 1 aliphatic heterocycles. The maximum Gasteiger partial charge on any atom is 0.274 e. The van der Waals surface area contributed by atoms with Gasteiger partial charge in [0.15, 0.2) is 5.69 Å². The van der Waals surface area contributed by atoms with Gasteiger partial charge in [-0.1, -0.05) is 37.6 Å². The number of rotatable bonds is 6. The monoisotopic (exact) mass is 369 g/mol. The molecule has 6 nitrogen and oxygen atoms in total. The van der Waals surface area contributed by atoms with E-state index in [2.05, 4.69) is 52.6 Å². The summed E-state index contributed by atoms with van der Waals surface area (Å²) in [5.74, 6) is -0.154. The van der Waals surface area contributed by atoms with Gasteiger partial charge in [0.25, 0.3) is 5.91 Å². The van der Waals surface area contributed by atoms with Gasteiger partial charge < -0.3 is 5.32 Å². The van der Waals surface area contributed by atoms with E-state index in [1.807, 2.05) is 25.5 Å². The van der Waals surface area contributed by atoms with Crippen molar-refractivity contribution in [1.29, 1.82) is 0 Å². The average Bonchev–Trinajstić information content (AvgIpc) is 3.01. The predicted molar refractivity (Wildman–Crippen MR) is 107 cm³/mol.